The molecule has 0 aliphatic heterocycles. The summed E-state index contributed by atoms with van der Waals surface area (Å²) in [5.41, 5.74) is 15.2. The number of hydrogen-bond acceptors (Lipinski definition) is 5. The molecule has 0 aliphatic rings. The molecule has 6 nitrogen and oxygen atoms in total. The second kappa shape index (κ2) is 6.17. The molecule has 0 radical (unpaired) electrons. The fourth-order valence-corrected chi connectivity index (χ4v) is 4.22. The van der Waals surface area contributed by atoms with Gasteiger partial charge in [-0.1, -0.05) is 17.3 Å². The number of nitrogen functional groups attached to an aromatic ring is 1. The van der Waals surface area contributed by atoms with Crippen molar-refractivity contribution in [2.24, 2.45) is 7.05 Å². The van der Waals surface area contributed by atoms with Crippen LogP contribution in [0.1, 0.15) is 17.0 Å². The molecular formula is C23H21N5O. The molecule has 0 atom stereocenters. The van der Waals surface area contributed by atoms with Crippen molar-refractivity contribution >= 4 is 27.9 Å². The van der Waals surface area contributed by atoms with Crippen molar-refractivity contribution in [2.75, 3.05) is 5.73 Å². The van der Waals surface area contributed by atoms with Gasteiger partial charge in [0.25, 0.3) is 0 Å². The third-order valence-electron chi connectivity index (χ3n) is 5.59. The number of pyridine rings is 1. The number of aromatic nitrogens is 4. The number of aryl methyl sites for hydroxylation is 4. The van der Waals surface area contributed by atoms with Crippen LogP contribution in [0.5, 0.6) is 0 Å². The molecule has 3 heterocycles. The zero-order valence-corrected chi connectivity index (χ0v) is 16.8. The van der Waals surface area contributed by atoms with Gasteiger partial charge in [-0.15, -0.1) is 0 Å². The van der Waals surface area contributed by atoms with Crippen molar-refractivity contribution in [3.05, 3.63) is 59.6 Å². The summed E-state index contributed by atoms with van der Waals surface area (Å²) in [6, 6.07) is 12.5. The molecule has 3 aromatic heterocycles. The van der Waals surface area contributed by atoms with Crippen molar-refractivity contribution < 1.29 is 4.52 Å². The van der Waals surface area contributed by atoms with Gasteiger partial charge in [0.2, 0.25) is 5.95 Å². The van der Waals surface area contributed by atoms with Crippen molar-refractivity contribution in [1.29, 1.82) is 0 Å². The summed E-state index contributed by atoms with van der Waals surface area (Å²) >= 11 is 0. The summed E-state index contributed by atoms with van der Waals surface area (Å²) < 4.78 is 7.36. The zero-order valence-electron chi connectivity index (χ0n) is 16.8. The quantitative estimate of drug-likeness (QED) is 0.466. The van der Waals surface area contributed by atoms with E-state index in [1.54, 1.807) is 0 Å². The van der Waals surface area contributed by atoms with Crippen LogP contribution in [0.2, 0.25) is 0 Å². The fraction of sp³-hybridized carbons (Fsp3) is 0.174. The Morgan fingerprint density at radius 1 is 1.00 bits per heavy atom. The van der Waals surface area contributed by atoms with Crippen molar-refractivity contribution in [1.82, 2.24) is 19.7 Å². The summed E-state index contributed by atoms with van der Waals surface area (Å²) in [7, 11) is 1.95. The van der Waals surface area contributed by atoms with E-state index < -0.39 is 0 Å². The minimum Gasteiger partial charge on any atom is -0.369 e. The van der Waals surface area contributed by atoms with Crippen LogP contribution in [-0.2, 0) is 7.05 Å². The minimum absolute atomic E-state index is 0.480. The lowest BCUT2D eigenvalue weighted by atomic mass is 9.91. The first-order chi connectivity index (χ1) is 14.0. The maximum atomic E-state index is 6.19. The number of benzene rings is 2. The Hall–Kier alpha value is -3.67. The van der Waals surface area contributed by atoms with Gasteiger partial charge in [0.15, 0.2) is 0 Å². The topological polar surface area (TPSA) is 82.8 Å². The summed E-state index contributed by atoms with van der Waals surface area (Å²) in [6.07, 6.45) is 1.82. The molecule has 0 saturated carbocycles. The van der Waals surface area contributed by atoms with Gasteiger partial charge < -0.3 is 14.8 Å². The zero-order chi connectivity index (χ0) is 20.3. The first kappa shape index (κ1) is 17.4. The smallest absolute Gasteiger partial charge is 0.200 e. The summed E-state index contributed by atoms with van der Waals surface area (Å²) in [5.74, 6) is 1.26. The third kappa shape index (κ3) is 2.52. The molecule has 0 aliphatic carbocycles. The van der Waals surface area contributed by atoms with E-state index in [0.717, 1.165) is 55.6 Å². The molecule has 2 N–H and O–H groups in total. The van der Waals surface area contributed by atoms with Gasteiger partial charge in [-0.25, -0.2) is 4.98 Å². The van der Waals surface area contributed by atoms with E-state index in [2.05, 4.69) is 52.4 Å². The maximum absolute atomic E-state index is 6.19. The van der Waals surface area contributed by atoms with Gasteiger partial charge in [-0.05, 0) is 61.7 Å². The molecule has 0 unspecified atom stereocenters. The maximum Gasteiger partial charge on any atom is 0.200 e. The highest BCUT2D eigenvalue weighted by molar-refractivity contribution is 6.06. The van der Waals surface area contributed by atoms with Gasteiger partial charge in [-0.3, -0.25) is 4.98 Å². The molecule has 0 saturated heterocycles. The Kier molecular flexibility index (Phi) is 3.71. The van der Waals surface area contributed by atoms with Crippen LogP contribution in [-0.4, -0.2) is 19.7 Å². The molecule has 29 heavy (non-hydrogen) atoms. The SMILES string of the molecule is Cc1ccc2ncccc2c1-c1cc(-c2c(C)noc2C)cc2nc(N)n(C)c12. The normalized spacial score (nSPS) is 11.6. The minimum atomic E-state index is 0.480. The number of nitrogens with zero attached hydrogens (tertiary/aromatic N) is 4. The Bertz CT molecular complexity index is 1390. The van der Waals surface area contributed by atoms with Gasteiger partial charge in [0.05, 0.1) is 22.2 Å². The van der Waals surface area contributed by atoms with E-state index in [0.29, 0.717) is 5.95 Å². The molecule has 6 heteroatoms. The number of hydrogen-bond donors (Lipinski definition) is 1. The highest BCUT2D eigenvalue weighted by atomic mass is 16.5. The van der Waals surface area contributed by atoms with Crippen LogP contribution < -0.4 is 5.73 Å². The predicted octanol–water partition coefficient (Wildman–Crippen LogP) is 4.95. The lowest BCUT2D eigenvalue weighted by molar-refractivity contribution is 0.393. The highest BCUT2D eigenvalue weighted by Crippen LogP contribution is 2.40. The van der Waals surface area contributed by atoms with Crippen LogP contribution in [0.15, 0.2) is 47.1 Å². The molecule has 5 aromatic rings. The van der Waals surface area contributed by atoms with E-state index in [1.807, 2.05) is 37.7 Å². The number of anilines is 1. The molecule has 0 bridgehead atoms. The molecule has 144 valence electrons. The Labute approximate surface area is 168 Å². The van der Waals surface area contributed by atoms with E-state index >= 15 is 0 Å². The van der Waals surface area contributed by atoms with Gasteiger partial charge >= 0.3 is 0 Å². The van der Waals surface area contributed by atoms with Crippen molar-refractivity contribution in [3.8, 4) is 22.3 Å². The van der Waals surface area contributed by atoms with E-state index in [4.69, 9.17) is 10.3 Å². The Morgan fingerprint density at radius 2 is 1.83 bits per heavy atom. The Morgan fingerprint density at radius 3 is 2.59 bits per heavy atom. The van der Waals surface area contributed by atoms with Gasteiger partial charge in [-0.2, -0.15) is 0 Å². The summed E-state index contributed by atoms with van der Waals surface area (Å²) in [4.78, 5) is 9.16. The number of fused-ring (bicyclic) bond motifs is 2. The largest absolute Gasteiger partial charge is 0.369 e. The van der Waals surface area contributed by atoms with Crippen molar-refractivity contribution in [3.63, 3.8) is 0 Å². The molecule has 0 spiro atoms. The van der Waals surface area contributed by atoms with Gasteiger partial charge in [0, 0.05) is 29.8 Å². The van der Waals surface area contributed by atoms with Crippen LogP contribution in [0.3, 0.4) is 0 Å². The Balaban J connectivity index is 1.95. The van der Waals surface area contributed by atoms with Crippen LogP contribution in [0.4, 0.5) is 5.95 Å². The lowest BCUT2D eigenvalue weighted by Crippen LogP contribution is -1.98. The average molecular weight is 383 g/mol. The van der Waals surface area contributed by atoms with E-state index in [9.17, 15) is 0 Å². The predicted molar refractivity (Wildman–Crippen MR) is 116 cm³/mol. The van der Waals surface area contributed by atoms with Crippen LogP contribution >= 0.6 is 0 Å². The number of nitrogens with two attached hydrogens (primary N) is 1. The van der Waals surface area contributed by atoms with E-state index in [1.165, 1.54) is 5.56 Å². The lowest BCUT2D eigenvalue weighted by Gasteiger charge is -2.14. The number of imidazole rings is 1. The summed E-state index contributed by atoms with van der Waals surface area (Å²) in [5, 5.41) is 5.23. The highest BCUT2D eigenvalue weighted by Gasteiger charge is 2.20. The molecular weight excluding hydrogens is 362 g/mol. The summed E-state index contributed by atoms with van der Waals surface area (Å²) in [6.45, 7) is 6.00. The first-order valence-corrected chi connectivity index (χ1v) is 9.49. The van der Waals surface area contributed by atoms with Crippen LogP contribution in [0.25, 0.3) is 44.2 Å². The first-order valence-electron chi connectivity index (χ1n) is 9.49. The fourth-order valence-electron chi connectivity index (χ4n) is 4.22. The molecule has 0 amide bonds. The second-order valence-corrected chi connectivity index (χ2v) is 7.45. The monoisotopic (exact) mass is 383 g/mol. The van der Waals surface area contributed by atoms with E-state index in [-0.39, 0.29) is 0 Å². The second-order valence-electron chi connectivity index (χ2n) is 7.45. The van der Waals surface area contributed by atoms with Crippen LogP contribution in [0, 0.1) is 20.8 Å². The average Bonchev–Trinajstić information content (AvgIpc) is 3.19. The molecule has 2 aromatic carbocycles. The van der Waals surface area contributed by atoms with Gasteiger partial charge in [0.1, 0.15) is 5.76 Å². The third-order valence-corrected chi connectivity index (χ3v) is 5.59. The molecule has 0 fully saturated rings. The standard InChI is InChI=1S/C23H21N5O/c1-12-7-8-18-16(6-5-9-25-18)20(12)17-10-15(21-13(2)27-29-14(21)3)11-19-22(17)28(4)23(24)26-19/h5-11H,1-4H3,(H2,24,26). The van der Waals surface area contributed by atoms with Crippen molar-refractivity contribution in [2.45, 2.75) is 20.8 Å². The number of rotatable bonds is 2. The molecule has 5 rings (SSSR count).